The highest BCUT2D eigenvalue weighted by Gasteiger charge is 2.21. The normalized spacial score (nSPS) is 16.4. The molecule has 0 amide bonds. The second kappa shape index (κ2) is 14.8. The van der Waals surface area contributed by atoms with E-state index in [1.54, 1.807) is 14.2 Å². The summed E-state index contributed by atoms with van der Waals surface area (Å²) in [6.07, 6.45) is 4.42. The van der Waals surface area contributed by atoms with Gasteiger partial charge in [0.15, 0.2) is 5.96 Å². The summed E-state index contributed by atoms with van der Waals surface area (Å²) >= 11 is 0. The third kappa shape index (κ3) is 12.3. The Labute approximate surface area is 175 Å². The lowest BCUT2D eigenvalue weighted by Gasteiger charge is -2.34. The maximum Gasteiger partial charge on any atom is 0.193 e. The van der Waals surface area contributed by atoms with E-state index in [1.165, 1.54) is 6.26 Å². The molecule has 0 saturated carbocycles. The Hall–Kier alpha value is -0.170. The number of likely N-dealkylation sites (tertiary alicyclic amines) is 1. The number of ether oxygens (including phenoxy) is 3. The van der Waals surface area contributed by atoms with Gasteiger partial charge in [-0.05, 0) is 19.3 Å². The van der Waals surface area contributed by atoms with Gasteiger partial charge in [-0.3, -0.25) is 4.99 Å². The summed E-state index contributed by atoms with van der Waals surface area (Å²) in [5.74, 6) is 0.907. The maximum absolute atomic E-state index is 11.0. The van der Waals surface area contributed by atoms with Crippen LogP contribution in [-0.4, -0.2) is 97.6 Å². The first-order valence-electron chi connectivity index (χ1n) is 8.78. The molecule has 1 aliphatic rings. The van der Waals surface area contributed by atoms with Gasteiger partial charge in [-0.1, -0.05) is 0 Å². The predicted molar refractivity (Wildman–Crippen MR) is 114 cm³/mol. The lowest BCUT2D eigenvalue weighted by atomic mass is 10.1. The molecule has 8 nitrogen and oxygen atoms in total. The molecule has 1 saturated heterocycles. The van der Waals surface area contributed by atoms with Crippen molar-refractivity contribution in [1.29, 1.82) is 0 Å². The maximum atomic E-state index is 11.0. The Balaban J connectivity index is 0.00000625. The van der Waals surface area contributed by atoms with Gasteiger partial charge in [-0.2, -0.15) is 0 Å². The first-order chi connectivity index (χ1) is 12.0. The first kappa shape index (κ1) is 25.8. The summed E-state index contributed by atoms with van der Waals surface area (Å²) in [5.41, 5.74) is 0. The summed E-state index contributed by atoms with van der Waals surface area (Å²) in [5, 5.41) is 3.26. The van der Waals surface area contributed by atoms with Crippen LogP contribution in [0.1, 0.15) is 19.3 Å². The number of hydrogen-bond acceptors (Lipinski definition) is 6. The highest BCUT2D eigenvalue weighted by molar-refractivity contribution is 14.0. The Bertz CT molecular complexity index is 482. The molecule has 0 aromatic carbocycles. The monoisotopic (exact) mass is 507 g/mol. The van der Waals surface area contributed by atoms with Crippen LogP contribution in [0.2, 0.25) is 0 Å². The molecular weight excluding hydrogens is 473 g/mol. The number of halogens is 1. The summed E-state index contributed by atoms with van der Waals surface area (Å²) in [6, 6.07) is 0. The van der Waals surface area contributed by atoms with Crippen LogP contribution in [0.3, 0.4) is 0 Å². The molecule has 1 aliphatic heterocycles. The van der Waals surface area contributed by atoms with Crippen LogP contribution >= 0.6 is 24.0 Å². The number of piperidine rings is 1. The van der Waals surface area contributed by atoms with Gasteiger partial charge in [0.2, 0.25) is 0 Å². The van der Waals surface area contributed by atoms with Crippen LogP contribution in [0.25, 0.3) is 0 Å². The highest BCUT2D eigenvalue weighted by Crippen LogP contribution is 2.14. The van der Waals surface area contributed by atoms with E-state index >= 15 is 0 Å². The minimum atomic E-state index is -2.96. The number of guanidine groups is 1. The zero-order chi connectivity index (χ0) is 18.5. The van der Waals surface area contributed by atoms with Gasteiger partial charge in [0, 0.05) is 53.3 Å². The molecule has 0 aliphatic carbocycles. The SMILES string of the molecule is CN=C(NCCOCCS(C)(=O)=O)N1CCC(OCCCOC)CC1.I. The van der Waals surface area contributed by atoms with Crippen LogP contribution in [0.5, 0.6) is 0 Å². The first-order valence-corrected chi connectivity index (χ1v) is 10.8. The molecule has 0 radical (unpaired) electrons. The molecular formula is C16H34IN3O5S. The van der Waals surface area contributed by atoms with Crippen molar-refractivity contribution in [3.05, 3.63) is 0 Å². The van der Waals surface area contributed by atoms with Gasteiger partial charge in [0.05, 0.1) is 25.1 Å². The minimum absolute atomic E-state index is 0. The third-order valence-corrected chi connectivity index (χ3v) is 4.84. The standard InChI is InChI=1S/C16H33N3O5S.HI/c1-17-16(18-7-12-23-13-14-25(3,20)21)19-8-5-15(6-9-19)24-11-4-10-22-2;/h15H,4-14H2,1-3H3,(H,17,18);1H. The van der Waals surface area contributed by atoms with Crippen molar-refractivity contribution in [2.75, 3.05) is 72.2 Å². The van der Waals surface area contributed by atoms with E-state index in [9.17, 15) is 8.42 Å². The van der Waals surface area contributed by atoms with Gasteiger partial charge in [0.25, 0.3) is 0 Å². The van der Waals surface area contributed by atoms with E-state index in [1.807, 2.05) is 0 Å². The summed E-state index contributed by atoms with van der Waals surface area (Å²) in [4.78, 5) is 6.52. The number of nitrogens with one attached hydrogen (secondary N) is 1. The Kier molecular flexibility index (Phi) is 14.7. The fourth-order valence-corrected chi connectivity index (χ4v) is 2.99. The van der Waals surface area contributed by atoms with E-state index < -0.39 is 9.84 Å². The average molecular weight is 507 g/mol. The van der Waals surface area contributed by atoms with Crippen LogP contribution in [0.15, 0.2) is 4.99 Å². The molecule has 156 valence electrons. The molecule has 1 heterocycles. The molecule has 0 bridgehead atoms. The largest absolute Gasteiger partial charge is 0.385 e. The molecule has 1 rings (SSSR count). The van der Waals surface area contributed by atoms with E-state index in [0.717, 1.165) is 51.5 Å². The Morgan fingerprint density at radius 2 is 1.88 bits per heavy atom. The second-order valence-corrected chi connectivity index (χ2v) is 8.38. The molecule has 26 heavy (non-hydrogen) atoms. The lowest BCUT2D eigenvalue weighted by molar-refractivity contribution is 0.00985. The zero-order valence-corrected chi connectivity index (χ0v) is 19.3. The fraction of sp³-hybridized carbons (Fsp3) is 0.938. The third-order valence-electron chi connectivity index (χ3n) is 3.93. The molecule has 0 atom stereocenters. The van der Waals surface area contributed by atoms with E-state index in [0.29, 0.717) is 19.3 Å². The Morgan fingerprint density at radius 1 is 1.19 bits per heavy atom. The van der Waals surface area contributed by atoms with Gasteiger partial charge in [-0.15, -0.1) is 24.0 Å². The summed E-state index contributed by atoms with van der Waals surface area (Å²) in [6.45, 7) is 4.58. The smallest absolute Gasteiger partial charge is 0.193 e. The van der Waals surface area contributed by atoms with Crippen molar-refractivity contribution in [3.8, 4) is 0 Å². The number of methoxy groups -OCH3 is 1. The fourth-order valence-electron chi connectivity index (χ4n) is 2.57. The van der Waals surface area contributed by atoms with E-state index in [2.05, 4.69) is 15.2 Å². The number of aliphatic imine (C=N–C) groups is 1. The molecule has 0 unspecified atom stereocenters. The van der Waals surface area contributed by atoms with E-state index in [-0.39, 0.29) is 36.3 Å². The van der Waals surface area contributed by atoms with Crippen molar-refractivity contribution in [2.24, 2.45) is 4.99 Å². The molecule has 0 spiro atoms. The zero-order valence-electron chi connectivity index (χ0n) is 16.1. The van der Waals surface area contributed by atoms with Crippen molar-refractivity contribution in [2.45, 2.75) is 25.4 Å². The van der Waals surface area contributed by atoms with Gasteiger partial charge < -0.3 is 24.4 Å². The van der Waals surface area contributed by atoms with Crippen molar-refractivity contribution >= 4 is 39.8 Å². The average Bonchev–Trinajstić information content (AvgIpc) is 2.58. The van der Waals surface area contributed by atoms with Crippen LogP contribution in [0.4, 0.5) is 0 Å². The Morgan fingerprint density at radius 3 is 2.46 bits per heavy atom. The number of nitrogens with zero attached hydrogens (tertiary/aromatic N) is 2. The van der Waals surface area contributed by atoms with E-state index in [4.69, 9.17) is 14.2 Å². The predicted octanol–water partition coefficient (Wildman–Crippen LogP) is 0.759. The summed E-state index contributed by atoms with van der Waals surface area (Å²) < 4.78 is 38.2. The lowest BCUT2D eigenvalue weighted by Crippen LogP contribution is -2.47. The highest BCUT2D eigenvalue weighted by atomic mass is 127. The molecule has 10 heteroatoms. The van der Waals surface area contributed by atoms with Gasteiger partial charge in [0.1, 0.15) is 9.84 Å². The molecule has 0 aromatic heterocycles. The molecule has 1 fully saturated rings. The number of sulfone groups is 1. The second-order valence-electron chi connectivity index (χ2n) is 6.12. The minimum Gasteiger partial charge on any atom is -0.385 e. The summed E-state index contributed by atoms with van der Waals surface area (Å²) in [7, 11) is 0.505. The topological polar surface area (TPSA) is 89.5 Å². The van der Waals surface area contributed by atoms with Gasteiger partial charge >= 0.3 is 0 Å². The van der Waals surface area contributed by atoms with Crippen molar-refractivity contribution in [3.63, 3.8) is 0 Å². The number of hydrogen-bond donors (Lipinski definition) is 1. The van der Waals surface area contributed by atoms with Crippen LogP contribution < -0.4 is 5.32 Å². The van der Waals surface area contributed by atoms with Crippen molar-refractivity contribution < 1.29 is 22.6 Å². The quantitative estimate of drug-likeness (QED) is 0.191. The van der Waals surface area contributed by atoms with Crippen LogP contribution in [0, 0.1) is 0 Å². The molecule has 1 N–H and O–H groups in total. The molecule has 0 aromatic rings. The number of rotatable bonds is 11. The van der Waals surface area contributed by atoms with Gasteiger partial charge in [-0.25, -0.2) is 8.42 Å². The van der Waals surface area contributed by atoms with Crippen molar-refractivity contribution in [1.82, 2.24) is 10.2 Å². The van der Waals surface area contributed by atoms with Crippen LogP contribution in [-0.2, 0) is 24.0 Å².